The Labute approximate surface area is 187 Å². The Kier molecular flexibility index (Phi) is 6.40. The van der Waals surface area contributed by atoms with E-state index in [9.17, 15) is 18.0 Å². The average Bonchev–Trinajstić information content (AvgIpc) is 2.67. The zero-order chi connectivity index (χ0) is 23.8. The van der Waals surface area contributed by atoms with E-state index in [-0.39, 0.29) is 11.1 Å². The van der Waals surface area contributed by atoms with Crippen molar-refractivity contribution in [3.8, 4) is 0 Å². The van der Waals surface area contributed by atoms with Crippen LogP contribution in [-0.2, 0) is 6.18 Å². The molecular formula is C25H30F3N3O. The number of rotatable bonds is 4. The van der Waals surface area contributed by atoms with E-state index in [1.54, 1.807) is 6.21 Å². The Balaban J connectivity index is 1.83. The van der Waals surface area contributed by atoms with E-state index in [1.165, 1.54) is 23.4 Å². The number of aryl methyl sites for hydroxylation is 1. The van der Waals surface area contributed by atoms with Gasteiger partial charge in [0.2, 0.25) is 0 Å². The molecule has 0 saturated carbocycles. The van der Waals surface area contributed by atoms with Crippen molar-refractivity contribution in [2.75, 3.05) is 4.90 Å². The maximum absolute atomic E-state index is 12.9. The van der Waals surface area contributed by atoms with Crippen molar-refractivity contribution >= 4 is 17.8 Å². The highest BCUT2D eigenvalue weighted by molar-refractivity contribution is 5.95. The number of amides is 1. The van der Waals surface area contributed by atoms with Gasteiger partial charge in [-0.2, -0.15) is 18.3 Å². The monoisotopic (exact) mass is 445 g/mol. The number of hydrazone groups is 1. The van der Waals surface area contributed by atoms with Crippen LogP contribution < -0.4 is 10.3 Å². The third kappa shape index (κ3) is 4.81. The number of carbonyl (C=O) groups excluding carboxylic acids is 1. The number of benzene rings is 2. The lowest BCUT2D eigenvalue weighted by Gasteiger charge is -2.50. The van der Waals surface area contributed by atoms with Crippen LogP contribution >= 0.6 is 0 Å². The molecule has 0 radical (unpaired) electrons. The fraction of sp³-hybridized carbons (Fsp3) is 0.440. The standard InChI is InChI=1S/C25H30F3N3O/c1-15(2)31-22-10-16(3)19(12-21(22)17(4)13-24(31,5)6)14-29-30-23(32)18-8-7-9-20(11-18)25(26,27)28/h7-12,14-15,17H,13H2,1-6H3,(H,30,32)/b29-14-/t17-/m1/s1. The van der Waals surface area contributed by atoms with Crippen LogP contribution in [0, 0.1) is 6.92 Å². The molecule has 0 fully saturated rings. The topological polar surface area (TPSA) is 44.7 Å². The van der Waals surface area contributed by atoms with Crippen molar-refractivity contribution in [3.05, 3.63) is 64.2 Å². The van der Waals surface area contributed by atoms with E-state index in [0.29, 0.717) is 12.0 Å². The van der Waals surface area contributed by atoms with Crippen molar-refractivity contribution < 1.29 is 18.0 Å². The third-order valence-corrected chi connectivity index (χ3v) is 6.00. The van der Waals surface area contributed by atoms with Gasteiger partial charge in [0, 0.05) is 22.8 Å². The second-order valence-electron chi connectivity index (χ2n) is 9.43. The van der Waals surface area contributed by atoms with Crippen LogP contribution in [-0.4, -0.2) is 23.7 Å². The summed E-state index contributed by atoms with van der Waals surface area (Å²) in [7, 11) is 0. The number of alkyl halides is 3. The summed E-state index contributed by atoms with van der Waals surface area (Å²) in [6, 6.07) is 8.88. The van der Waals surface area contributed by atoms with Gasteiger partial charge < -0.3 is 4.90 Å². The van der Waals surface area contributed by atoms with Crippen LogP contribution in [0.4, 0.5) is 18.9 Å². The molecule has 3 rings (SSSR count). The number of carbonyl (C=O) groups is 1. The molecular weight excluding hydrogens is 415 g/mol. The lowest BCUT2D eigenvalue weighted by molar-refractivity contribution is -0.137. The van der Waals surface area contributed by atoms with Gasteiger partial charge in [0.05, 0.1) is 11.8 Å². The minimum absolute atomic E-state index is 0.0432. The van der Waals surface area contributed by atoms with Crippen molar-refractivity contribution in [2.45, 2.75) is 71.6 Å². The molecule has 0 saturated heterocycles. The minimum atomic E-state index is -4.51. The van der Waals surface area contributed by atoms with E-state index in [2.05, 4.69) is 62.2 Å². The van der Waals surface area contributed by atoms with E-state index < -0.39 is 17.6 Å². The first-order valence-corrected chi connectivity index (χ1v) is 10.8. The van der Waals surface area contributed by atoms with Gasteiger partial charge in [-0.25, -0.2) is 5.43 Å². The Morgan fingerprint density at radius 1 is 1.25 bits per heavy atom. The normalized spacial score (nSPS) is 18.2. The molecule has 4 nitrogen and oxygen atoms in total. The number of hydrogen-bond donors (Lipinski definition) is 1. The van der Waals surface area contributed by atoms with Gasteiger partial charge in [-0.05, 0) is 94.0 Å². The van der Waals surface area contributed by atoms with Gasteiger partial charge >= 0.3 is 6.18 Å². The second-order valence-corrected chi connectivity index (χ2v) is 9.43. The van der Waals surface area contributed by atoms with Crippen LogP contribution in [0.15, 0.2) is 41.5 Å². The number of halogens is 3. The van der Waals surface area contributed by atoms with E-state index in [1.807, 2.05) is 6.92 Å². The number of fused-ring (bicyclic) bond motifs is 1. The summed E-state index contributed by atoms with van der Waals surface area (Å²) in [5.41, 5.74) is 5.74. The number of hydrogen-bond acceptors (Lipinski definition) is 3. The molecule has 0 unspecified atom stereocenters. The predicted molar refractivity (Wildman–Crippen MR) is 122 cm³/mol. The molecule has 2 aromatic rings. The summed E-state index contributed by atoms with van der Waals surface area (Å²) in [6.45, 7) is 13.1. The van der Waals surface area contributed by atoms with Crippen molar-refractivity contribution in [1.82, 2.24) is 5.43 Å². The van der Waals surface area contributed by atoms with Crippen molar-refractivity contribution in [2.24, 2.45) is 5.10 Å². The molecule has 0 spiro atoms. The Bertz CT molecular complexity index is 1040. The average molecular weight is 446 g/mol. The summed E-state index contributed by atoms with van der Waals surface area (Å²) < 4.78 is 38.6. The molecule has 2 aromatic carbocycles. The van der Waals surface area contributed by atoms with Crippen molar-refractivity contribution in [1.29, 1.82) is 0 Å². The molecule has 1 N–H and O–H groups in total. The molecule has 1 amide bonds. The Morgan fingerprint density at radius 2 is 1.94 bits per heavy atom. The predicted octanol–water partition coefficient (Wildman–Crippen LogP) is 6.28. The van der Waals surface area contributed by atoms with Crippen LogP contribution in [0.1, 0.15) is 79.6 Å². The lowest BCUT2D eigenvalue weighted by atomic mass is 9.78. The van der Waals surface area contributed by atoms with Gasteiger partial charge in [-0.3, -0.25) is 4.79 Å². The van der Waals surface area contributed by atoms with E-state index in [4.69, 9.17) is 0 Å². The molecule has 1 aliphatic heterocycles. The first-order valence-electron chi connectivity index (χ1n) is 10.8. The highest BCUT2D eigenvalue weighted by Gasteiger charge is 2.38. The third-order valence-electron chi connectivity index (χ3n) is 6.00. The molecule has 1 heterocycles. The number of nitrogens with one attached hydrogen (secondary N) is 1. The van der Waals surface area contributed by atoms with Crippen LogP contribution in [0.3, 0.4) is 0 Å². The summed E-state index contributed by atoms with van der Waals surface area (Å²) in [5, 5.41) is 4.01. The van der Waals surface area contributed by atoms with E-state index in [0.717, 1.165) is 29.7 Å². The van der Waals surface area contributed by atoms with Crippen LogP contribution in [0.5, 0.6) is 0 Å². The zero-order valence-electron chi connectivity index (χ0n) is 19.3. The summed E-state index contributed by atoms with van der Waals surface area (Å²) in [6.07, 6.45) is -1.94. The Morgan fingerprint density at radius 3 is 2.56 bits per heavy atom. The maximum Gasteiger partial charge on any atom is 0.416 e. The molecule has 32 heavy (non-hydrogen) atoms. The second kappa shape index (κ2) is 8.60. The first-order chi connectivity index (χ1) is 14.8. The lowest BCUT2D eigenvalue weighted by Crippen LogP contribution is -2.51. The SMILES string of the molecule is Cc1cc2c(cc1/C=N\NC(=O)c1cccc(C(F)(F)F)c1)[C@H](C)CC(C)(C)N2C(C)C. The largest absolute Gasteiger partial charge is 0.416 e. The fourth-order valence-electron chi connectivity index (χ4n) is 4.79. The molecule has 0 aliphatic carbocycles. The van der Waals surface area contributed by atoms with E-state index >= 15 is 0 Å². The summed E-state index contributed by atoms with van der Waals surface area (Å²) in [5.74, 6) is -0.327. The molecule has 172 valence electrons. The zero-order valence-corrected chi connectivity index (χ0v) is 19.3. The van der Waals surface area contributed by atoms with Crippen LogP contribution in [0.2, 0.25) is 0 Å². The van der Waals surface area contributed by atoms with Crippen LogP contribution in [0.25, 0.3) is 0 Å². The maximum atomic E-state index is 12.9. The summed E-state index contributed by atoms with van der Waals surface area (Å²) in [4.78, 5) is 14.7. The molecule has 1 aliphatic rings. The highest BCUT2D eigenvalue weighted by Crippen LogP contribution is 2.45. The van der Waals surface area contributed by atoms with Gasteiger partial charge in [-0.15, -0.1) is 0 Å². The smallest absolute Gasteiger partial charge is 0.364 e. The minimum Gasteiger partial charge on any atom is -0.364 e. The van der Waals surface area contributed by atoms with Gasteiger partial charge in [-0.1, -0.05) is 13.0 Å². The molecule has 0 bridgehead atoms. The van der Waals surface area contributed by atoms with Gasteiger partial charge in [0.25, 0.3) is 5.91 Å². The quantitative estimate of drug-likeness (QED) is 0.445. The van der Waals surface area contributed by atoms with Gasteiger partial charge in [0.1, 0.15) is 0 Å². The number of nitrogens with zero attached hydrogens (tertiary/aromatic N) is 2. The Hall–Kier alpha value is -2.83. The summed E-state index contributed by atoms with van der Waals surface area (Å²) >= 11 is 0. The van der Waals surface area contributed by atoms with Gasteiger partial charge in [0.15, 0.2) is 0 Å². The fourth-order valence-corrected chi connectivity index (χ4v) is 4.79. The first kappa shape index (κ1) is 23.8. The molecule has 7 heteroatoms. The molecule has 0 aromatic heterocycles. The number of anilines is 1. The van der Waals surface area contributed by atoms with Crippen molar-refractivity contribution in [3.63, 3.8) is 0 Å². The molecule has 1 atom stereocenters. The highest BCUT2D eigenvalue weighted by atomic mass is 19.4.